The van der Waals surface area contributed by atoms with Gasteiger partial charge < -0.3 is 4.90 Å². The predicted octanol–water partition coefficient (Wildman–Crippen LogP) is 1.71. The van der Waals surface area contributed by atoms with Crippen molar-refractivity contribution in [2.75, 3.05) is 19.8 Å². The number of carbonyl (C=O) groups excluding carboxylic acids is 1. The van der Waals surface area contributed by atoms with Crippen molar-refractivity contribution in [1.29, 1.82) is 0 Å². The van der Waals surface area contributed by atoms with E-state index in [0.717, 1.165) is 17.5 Å². The third kappa shape index (κ3) is 2.95. The highest BCUT2D eigenvalue weighted by Crippen LogP contribution is 2.27. The van der Waals surface area contributed by atoms with Crippen LogP contribution in [0.15, 0.2) is 29.1 Å². The number of aryl methyl sites for hydroxylation is 2. The van der Waals surface area contributed by atoms with Gasteiger partial charge in [-0.1, -0.05) is 29.8 Å². The van der Waals surface area contributed by atoms with Gasteiger partial charge in [0.15, 0.2) is 0 Å². The van der Waals surface area contributed by atoms with Crippen molar-refractivity contribution in [2.45, 2.75) is 38.8 Å². The summed E-state index contributed by atoms with van der Waals surface area (Å²) < 4.78 is 15.7. The van der Waals surface area contributed by atoms with Crippen LogP contribution in [0.3, 0.4) is 0 Å². The molecule has 1 aromatic carbocycles. The Hall–Kier alpha value is -2.44. The van der Waals surface area contributed by atoms with Crippen LogP contribution < -0.4 is 5.69 Å². The van der Waals surface area contributed by atoms with Gasteiger partial charge in [0.2, 0.25) is 5.91 Å². The molecule has 0 aliphatic carbocycles. The number of amides is 1. The molecule has 6 nitrogen and oxygen atoms in total. The Balaban J connectivity index is 1.58. The Labute approximate surface area is 151 Å². The summed E-state index contributed by atoms with van der Waals surface area (Å²) in [6.07, 6.45) is 2.17. The largest absolute Gasteiger partial charge is 0.346 e. The molecule has 1 amide bonds. The lowest BCUT2D eigenvalue weighted by Crippen LogP contribution is -2.54. The summed E-state index contributed by atoms with van der Waals surface area (Å²) in [5, 5.41) is 4.47. The molecule has 3 heterocycles. The number of hydrogen-bond donors (Lipinski definition) is 0. The van der Waals surface area contributed by atoms with Crippen molar-refractivity contribution in [3.05, 3.63) is 51.7 Å². The topological polar surface area (TPSA) is 60.1 Å². The number of carbonyl (C=O) groups is 1. The smallest absolute Gasteiger partial charge is 0.340 e. The van der Waals surface area contributed by atoms with E-state index in [4.69, 9.17) is 0 Å². The van der Waals surface area contributed by atoms with Crippen molar-refractivity contribution in [1.82, 2.24) is 19.2 Å². The van der Waals surface area contributed by atoms with Crippen LogP contribution in [0.1, 0.15) is 35.8 Å². The Morgan fingerprint density at radius 3 is 2.69 bits per heavy atom. The highest BCUT2D eigenvalue weighted by atomic mass is 19.1. The van der Waals surface area contributed by atoms with Crippen LogP contribution in [-0.4, -0.2) is 44.9 Å². The van der Waals surface area contributed by atoms with E-state index in [9.17, 15) is 14.0 Å². The zero-order valence-electron chi connectivity index (χ0n) is 14.9. The first kappa shape index (κ1) is 17.0. The van der Waals surface area contributed by atoms with Crippen LogP contribution in [0.4, 0.5) is 4.39 Å². The van der Waals surface area contributed by atoms with Gasteiger partial charge in [-0.3, -0.25) is 13.8 Å². The number of likely N-dealkylation sites (tertiary alicyclic amines) is 1. The van der Waals surface area contributed by atoms with Gasteiger partial charge in [-0.25, -0.2) is 9.48 Å². The molecule has 2 aliphatic heterocycles. The molecule has 0 unspecified atom stereocenters. The van der Waals surface area contributed by atoms with E-state index in [1.807, 2.05) is 31.2 Å². The summed E-state index contributed by atoms with van der Waals surface area (Å²) >= 11 is 0. The second-order valence-electron chi connectivity index (χ2n) is 7.38. The van der Waals surface area contributed by atoms with E-state index in [1.165, 1.54) is 4.68 Å². The van der Waals surface area contributed by atoms with Crippen LogP contribution in [0, 0.1) is 12.8 Å². The molecule has 4 rings (SSSR count). The molecule has 1 fully saturated rings. The van der Waals surface area contributed by atoms with Crippen LogP contribution in [0.25, 0.3) is 0 Å². The molecule has 2 aromatic rings. The van der Waals surface area contributed by atoms with Crippen LogP contribution in [0.5, 0.6) is 0 Å². The van der Waals surface area contributed by atoms with Crippen LogP contribution in [-0.2, 0) is 17.8 Å². The molecule has 0 saturated carbocycles. The monoisotopic (exact) mass is 358 g/mol. The number of hydrogen-bond acceptors (Lipinski definition) is 3. The fourth-order valence-corrected chi connectivity index (χ4v) is 3.79. The lowest BCUT2D eigenvalue weighted by atomic mass is 9.97. The number of fused-ring (bicyclic) bond motifs is 1. The number of halogens is 1. The second-order valence-corrected chi connectivity index (χ2v) is 7.38. The third-order valence-electron chi connectivity index (χ3n) is 5.36. The first-order valence-corrected chi connectivity index (χ1v) is 9.15. The quantitative estimate of drug-likeness (QED) is 0.836. The van der Waals surface area contributed by atoms with Gasteiger partial charge in [0.1, 0.15) is 11.9 Å². The molecular weight excluding hydrogens is 335 g/mol. The summed E-state index contributed by atoms with van der Waals surface area (Å²) in [5.41, 5.74) is 1.93. The number of benzene rings is 1. The van der Waals surface area contributed by atoms with Gasteiger partial charge in [-0.05, 0) is 25.3 Å². The van der Waals surface area contributed by atoms with Crippen molar-refractivity contribution in [3.8, 4) is 0 Å². The maximum atomic E-state index is 12.9. The second kappa shape index (κ2) is 6.70. The van der Waals surface area contributed by atoms with Crippen LogP contribution in [0.2, 0.25) is 0 Å². The zero-order chi connectivity index (χ0) is 18.3. The maximum Gasteiger partial charge on any atom is 0.346 e. The normalized spacial score (nSPS) is 19.9. The van der Waals surface area contributed by atoms with Gasteiger partial charge in [-0.15, -0.1) is 0 Å². The number of aromatic nitrogens is 3. The highest BCUT2D eigenvalue weighted by Gasteiger charge is 2.38. The van der Waals surface area contributed by atoms with Gasteiger partial charge in [0, 0.05) is 25.4 Å². The average molecular weight is 358 g/mol. The molecule has 1 atom stereocenters. The summed E-state index contributed by atoms with van der Waals surface area (Å²) in [6.45, 7) is 2.92. The number of rotatable bonds is 4. The molecular formula is C19H23FN4O2. The SMILES string of the molecule is Cc1ccc(Cn2nc3n(c2=O)[C@@H](C(=O)N2CC(CF)C2)CCC3)cc1. The first-order chi connectivity index (χ1) is 12.6. The predicted molar refractivity (Wildman–Crippen MR) is 94.8 cm³/mol. The Morgan fingerprint density at radius 1 is 1.27 bits per heavy atom. The molecule has 1 aromatic heterocycles. The standard InChI is InChI=1S/C19H23FN4O2/c1-13-5-7-14(8-6-13)12-23-19(26)24-16(3-2-4-17(24)21-23)18(25)22-10-15(9-20)11-22/h5-8,15-16H,2-4,9-12H2,1H3/t16-/m1/s1. The van der Waals surface area contributed by atoms with Crippen molar-refractivity contribution < 1.29 is 9.18 Å². The summed E-state index contributed by atoms with van der Waals surface area (Å²) in [7, 11) is 0. The minimum Gasteiger partial charge on any atom is -0.340 e. The molecule has 0 N–H and O–H groups in total. The van der Waals surface area contributed by atoms with E-state index in [1.54, 1.807) is 9.47 Å². The minimum absolute atomic E-state index is 0.0528. The fraction of sp³-hybridized carbons (Fsp3) is 0.526. The molecule has 7 heteroatoms. The van der Waals surface area contributed by atoms with E-state index < -0.39 is 12.7 Å². The van der Waals surface area contributed by atoms with E-state index in [2.05, 4.69) is 5.10 Å². The molecule has 0 spiro atoms. The van der Waals surface area contributed by atoms with E-state index in [-0.39, 0.29) is 17.5 Å². The summed E-state index contributed by atoms with van der Waals surface area (Å²) in [6, 6.07) is 7.49. The van der Waals surface area contributed by atoms with Crippen molar-refractivity contribution in [3.63, 3.8) is 0 Å². The van der Waals surface area contributed by atoms with Gasteiger partial charge in [0.25, 0.3) is 0 Å². The molecule has 0 bridgehead atoms. The van der Waals surface area contributed by atoms with Gasteiger partial charge >= 0.3 is 5.69 Å². The average Bonchev–Trinajstić information content (AvgIpc) is 2.92. The Kier molecular flexibility index (Phi) is 4.38. The number of nitrogens with zero attached hydrogens (tertiary/aromatic N) is 4. The summed E-state index contributed by atoms with van der Waals surface area (Å²) in [4.78, 5) is 27.3. The molecule has 1 saturated heterocycles. The van der Waals surface area contributed by atoms with Gasteiger partial charge in [0.05, 0.1) is 13.2 Å². The Morgan fingerprint density at radius 2 is 2.00 bits per heavy atom. The van der Waals surface area contributed by atoms with Crippen molar-refractivity contribution in [2.24, 2.45) is 5.92 Å². The third-order valence-corrected chi connectivity index (χ3v) is 5.36. The molecule has 26 heavy (non-hydrogen) atoms. The van der Waals surface area contributed by atoms with E-state index >= 15 is 0 Å². The molecule has 2 aliphatic rings. The zero-order valence-corrected chi connectivity index (χ0v) is 14.9. The van der Waals surface area contributed by atoms with Crippen LogP contribution >= 0.6 is 0 Å². The summed E-state index contributed by atoms with van der Waals surface area (Å²) in [5.74, 6) is 0.546. The first-order valence-electron chi connectivity index (χ1n) is 9.15. The maximum absolute atomic E-state index is 12.9. The Bertz CT molecular complexity index is 865. The van der Waals surface area contributed by atoms with E-state index in [0.29, 0.717) is 38.3 Å². The number of alkyl halides is 1. The van der Waals surface area contributed by atoms with Gasteiger partial charge in [-0.2, -0.15) is 5.10 Å². The minimum atomic E-state index is -0.501. The molecule has 138 valence electrons. The lowest BCUT2D eigenvalue weighted by Gasteiger charge is -2.40. The lowest BCUT2D eigenvalue weighted by molar-refractivity contribution is -0.142. The fourth-order valence-electron chi connectivity index (χ4n) is 3.79. The van der Waals surface area contributed by atoms with Crippen molar-refractivity contribution >= 4 is 5.91 Å². The highest BCUT2D eigenvalue weighted by molar-refractivity contribution is 5.81. The molecule has 0 radical (unpaired) electrons.